The summed E-state index contributed by atoms with van der Waals surface area (Å²) in [5, 5.41) is 20.2. The Morgan fingerprint density at radius 1 is 0.878 bits per heavy atom. The Balaban J connectivity index is 2.30. The zero-order chi connectivity index (χ0) is 36.2. The molecule has 5 amide bonds. The second-order valence-corrected chi connectivity index (χ2v) is 12.7. The average molecular weight is 701 g/mol. The number of nitrogens with two attached hydrogens (primary N) is 1. The third-order valence-corrected chi connectivity index (χ3v) is 8.05. The molecule has 15 nitrogen and oxygen atoms in total. The van der Waals surface area contributed by atoms with Gasteiger partial charge in [-0.05, 0) is 68.2 Å². The standard InChI is InChI=1S/C33H48N8O7S/c1-21(2)17-27(38-29(43)25(36-20-42)13-16-49-3)30(44)39-28(18-22-9-5-4-6-10-22)31(45)37-26(11-7-8-14-34)32(46)41-40-24-12-15-35-19-23(24)33(47)48/h4-6,9-10,12,15,19-21,25-28H,7-8,11,13-14,16-18,34H2,1-3H3,(H,35,40)(H,36,42)(H,37,45)(H,38,43)(H,39,44)(H,41,46)(H,47,48)/t25-,26-,27-,28-/m0/s1. The summed E-state index contributed by atoms with van der Waals surface area (Å²) < 4.78 is 0. The molecule has 0 unspecified atom stereocenters. The van der Waals surface area contributed by atoms with Gasteiger partial charge in [-0.25, -0.2) is 4.79 Å². The van der Waals surface area contributed by atoms with Crippen LogP contribution in [0.4, 0.5) is 5.69 Å². The molecule has 0 spiro atoms. The third kappa shape index (κ3) is 14.5. The molecule has 2 rings (SSSR count). The van der Waals surface area contributed by atoms with Crippen LogP contribution in [0.2, 0.25) is 0 Å². The summed E-state index contributed by atoms with van der Waals surface area (Å²) in [7, 11) is 0. The van der Waals surface area contributed by atoms with E-state index < -0.39 is 53.8 Å². The molecule has 0 fully saturated rings. The molecule has 16 heteroatoms. The first-order valence-electron chi connectivity index (χ1n) is 16.1. The number of benzene rings is 1. The summed E-state index contributed by atoms with van der Waals surface area (Å²) in [4.78, 5) is 80.5. The van der Waals surface area contributed by atoms with E-state index in [9.17, 15) is 33.9 Å². The maximum atomic E-state index is 13.9. The highest BCUT2D eigenvalue weighted by atomic mass is 32.2. The van der Waals surface area contributed by atoms with Gasteiger partial charge in [0, 0.05) is 18.8 Å². The summed E-state index contributed by atoms with van der Waals surface area (Å²) >= 11 is 1.51. The number of pyridine rings is 1. The van der Waals surface area contributed by atoms with Crippen LogP contribution in [0.3, 0.4) is 0 Å². The molecule has 0 radical (unpaired) electrons. The molecule has 49 heavy (non-hydrogen) atoms. The number of carbonyl (C=O) groups is 6. The van der Waals surface area contributed by atoms with E-state index in [1.807, 2.05) is 26.2 Å². The largest absolute Gasteiger partial charge is 0.478 e. The van der Waals surface area contributed by atoms with Crippen LogP contribution in [-0.4, -0.2) is 88.8 Å². The van der Waals surface area contributed by atoms with Crippen LogP contribution < -0.4 is 37.9 Å². The highest BCUT2D eigenvalue weighted by Gasteiger charge is 2.31. The number of hydrogen-bond donors (Lipinski definition) is 8. The van der Waals surface area contributed by atoms with Crippen molar-refractivity contribution in [2.75, 3.05) is 24.0 Å². The van der Waals surface area contributed by atoms with E-state index in [1.54, 1.807) is 24.3 Å². The number of carboxylic acid groups (broad SMARTS) is 1. The number of carbonyl (C=O) groups excluding carboxylic acids is 5. The first-order chi connectivity index (χ1) is 23.5. The van der Waals surface area contributed by atoms with Gasteiger partial charge in [0.15, 0.2) is 0 Å². The van der Waals surface area contributed by atoms with Crippen LogP contribution in [0.25, 0.3) is 0 Å². The number of thioether (sulfide) groups is 1. The number of aromatic nitrogens is 1. The van der Waals surface area contributed by atoms with E-state index in [0.29, 0.717) is 38.0 Å². The van der Waals surface area contributed by atoms with E-state index >= 15 is 0 Å². The lowest BCUT2D eigenvalue weighted by Gasteiger charge is -2.27. The van der Waals surface area contributed by atoms with E-state index in [1.165, 1.54) is 24.0 Å². The van der Waals surface area contributed by atoms with Crippen molar-refractivity contribution in [3.8, 4) is 0 Å². The van der Waals surface area contributed by atoms with Crippen LogP contribution in [0, 0.1) is 5.92 Å². The Kier molecular flexibility index (Phi) is 18.2. The van der Waals surface area contributed by atoms with Crippen LogP contribution in [0.1, 0.15) is 61.9 Å². The lowest BCUT2D eigenvalue weighted by molar-refractivity contribution is -0.134. The van der Waals surface area contributed by atoms with Crippen molar-refractivity contribution in [1.82, 2.24) is 31.7 Å². The van der Waals surface area contributed by atoms with Crippen LogP contribution in [0.15, 0.2) is 48.8 Å². The number of aromatic carboxylic acids is 1. The summed E-state index contributed by atoms with van der Waals surface area (Å²) in [5.74, 6) is -3.06. The fraction of sp³-hybridized carbons (Fsp3) is 0.485. The minimum absolute atomic E-state index is 0.00807. The predicted molar refractivity (Wildman–Crippen MR) is 187 cm³/mol. The SMILES string of the molecule is CSCC[C@H](NC=O)C(=O)N[C@@H](CC(C)C)C(=O)N[C@@H](Cc1ccccc1)C(=O)N[C@@H](CCCCN)C(=O)NNc1ccncc1C(=O)O. The van der Waals surface area contributed by atoms with Gasteiger partial charge in [0.2, 0.25) is 24.1 Å². The maximum Gasteiger partial charge on any atom is 0.339 e. The van der Waals surface area contributed by atoms with Crippen molar-refractivity contribution >= 4 is 53.5 Å². The summed E-state index contributed by atoms with van der Waals surface area (Å²) in [6.45, 7) is 4.15. The average Bonchev–Trinajstić information content (AvgIpc) is 3.08. The van der Waals surface area contributed by atoms with Gasteiger partial charge in [0.1, 0.15) is 29.7 Å². The molecular weight excluding hydrogens is 652 g/mol. The number of hydrazine groups is 1. The van der Waals surface area contributed by atoms with Gasteiger partial charge in [-0.15, -0.1) is 0 Å². The van der Waals surface area contributed by atoms with Gasteiger partial charge in [0.25, 0.3) is 5.91 Å². The Bertz CT molecular complexity index is 1380. The molecule has 9 N–H and O–H groups in total. The van der Waals surface area contributed by atoms with Gasteiger partial charge in [0.05, 0.1) is 5.69 Å². The summed E-state index contributed by atoms with van der Waals surface area (Å²) in [6.07, 6.45) is 6.80. The van der Waals surface area contributed by atoms with Crippen molar-refractivity contribution in [3.05, 3.63) is 59.9 Å². The van der Waals surface area contributed by atoms with Crippen molar-refractivity contribution in [2.24, 2.45) is 11.7 Å². The quantitative estimate of drug-likeness (QED) is 0.0462. The van der Waals surface area contributed by atoms with Gasteiger partial charge in [-0.2, -0.15) is 11.8 Å². The first kappa shape index (κ1) is 40.5. The molecule has 0 aliphatic heterocycles. The zero-order valence-corrected chi connectivity index (χ0v) is 28.9. The molecule has 0 aliphatic carbocycles. The van der Waals surface area contributed by atoms with Crippen molar-refractivity contribution < 1.29 is 33.9 Å². The highest BCUT2D eigenvalue weighted by molar-refractivity contribution is 7.98. The molecule has 0 saturated heterocycles. The number of nitrogens with one attached hydrogen (secondary N) is 6. The molecule has 0 bridgehead atoms. The topological polar surface area (TPSA) is 234 Å². The Labute approximate surface area is 290 Å². The monoisotopic (exact) mass is 700 g/mol. The molecule has 0 saturated carbocycles. The van der Waals surface area contributed by atoms with E-state index in [4.69, 9.17) is 5.73 Å². The summed E-state index contributed by atoms with van der Waals surface area (Å²) in [6, 6.07) is 6.31. The molecule has 2 aromatic rings. The van der Waals surface area contributed by atoms with Gasteiger partial charge < -0.3 is 32.1 Å². The zero-order valence-electron chi connectivity index (χ0n) is 28.1. The molecule has 4 atom stereocenters. The summed E-state index contributed by atoms with van der Waals surface area (Å²) in [5.41, 5.74) is 11.4. The number of amides is 5. The van der Waals surface area contributed by atoms with Crippen molar-refractivity contribution in [1.29, 1.82) is 0 Å². The van der Waals surface area contributed by atoms with Crippen molar-refractivity contribution in [2.45, 2.75) is 76.5 Å². The van der Waals surface area contributed by atoms with Crippen LogP contribution >= 0.6 is 11.8 Å². The second-order valence-electron chi connectivity index (χ2n) is 11.7. The predicted octanol–water partition coefficient (Wildman–Crippen LogP) is 0.963. The highest BCUT2D eigenvalue weighted by Crippen LogP contribution is 2.13. The number of nitrogens with zero attached hydrogens (tertiary/aromatic N) is 1. The normalized spacial score (nSPS) is 13.2. The smallest absolute Gasteiger partial charge is 0.339 e. The molecule has 1 heterocycles. The molecule has 268 valence electrons. The number of anilines is 1. The van der Waals surface area contributed by atoms with Gasteiger partial charge in [-0.3, -0.25) is 39.8 Å². The third-order valence-electron chi connectivity index (χ3n) is 7.40. The van der Waals surface area contributed by atoms with E-state index in [2.05, 4.69) is 37.1 Å². The number of hydrogen-bond acceptors (Lipinski definition) is 10. The molecule has 1 aromatic heterocycles. The molecule has 0 aliphatic rings. The van der Waals surface area contributed by atoms with Crippen LogP contribution in [0.5, 0.6) is 0 Å². The fourth-order valence-corrected chi connectivity index (χ4v) is 5.31. The van der Waals surface area contributed by atoms with Gasteiger partial charge >= 0.3 is 5.97 Å². The fourth-order valence-electron chi connectivity index (χ4n) is 4.84. The second kappa shape index (κ2) is 22.0. The number of carboxylic acids is 1. The number of rotatable bonds is 23. The lowest BCUT2D eigenvalue weighted by atomic mass is 10.00. The minimum atomic E-state index is -1.25. The van der Waals surface area contributed by atoms with Crippen LogP contribution in [-0.2, 0) is 30.4 Å². The first-order valence-corrected chi connectivity index (χ1v) is 17.5. The van der Waals surface area contributed by atoms with E-state index in [-0.39, 0.29) is 36.4 Å². The lowest BCUT2D eigenvalue weighted by Crippen LogP contribution is -2.59. The van der Waals surface area contributed by atoms with Crippen molar-refractivity contribution in [3.63, 3.8) is 0 Å². The maximum absolute atomic E-state index is 13.9. The molecular formula is C33H48N8O7S. The minimum Gasteiger partial charge on any atom is -0.478 e. The Morgan fingerprint density at radius 3 is 2.16 bits per heavy atom. The Hall–Kier alpha value is -4.70. The Morgan fingerprint density at radius 2 is 1.53 bits per heavy atom. The molecule has 1 aromatic carbocycles. The number of unbranched alkanes of at least 4 members (excludes halogenated alkanes) is 1. The van der Waals surface area contributed by atoms with E-state index in [0.717, 1.165) is 11.8 Å². The van der Waals surface area contributed by atoms with Gasteiger partial charge in [-0.1, -0.05) is 44.2 Å².